The minimum atomic E-state index is -1.35. The van der Waals surface area contributed by atoms with Crippen LogP contribution < -0.4 is 4.90 Å². The van der Waals surface area contributed by atoms with Crippen molar-refractivity contribution >= 4 is 18.1 Å². The summed E-state index contributed by atoms with van der Waals surface area (Å²) in [6, 6.07) is 7.11. The summed E-state index contributed by atoms with van der Waals surface area (Å²) in [5.74, 6) is -1.06. The summed E-state index contributed by atoms with van der Waals surface area (Å²) in [6.07, 6.45) is 0.522. The van der Waals surface area contributed by atoms with Crippen molar-refractivity contribution in [3.63, 3.8) is 0 Å². The number of anilines is 1. The Labute approximate surface area is 107 Å². The number of carbonyl (C=O) groups excluding carboxylic acids is 1. The third-order valence-corrected chi connectivity index (χ3v) is 3.23. The fourth-order valence-electron chi connectivity index (χ4n) is 1.67. The highest BCUT2D eigenvalue weighted by molar-refractivity contribution is 5.82. The lowest BCUT2D eigenvalue weighted by atomic mass is 9.90. The van der Waals surface area contributed by atoms with Gasteiger partial charge in [-0.1, -0.05) is 12.1 Å². The second-order valence-electron chi connectivity index (χ2n) is 4.53. The molecule has 5 nitrogen and oxygen atoms in total. The minimum Gasteiger partial charge on any atom is -0.479 e. The van der Waals surface area contributed by atoms with E-state index < -0.39 is 11.5 Å². The van der Waals surface area contributed by atoms with Crippen LogP contribution in [0.1, 0.15) is 12.5 Å². The van der Waals surface area contributed by atoms with Crippen LogP contribution in [0.15, 0.2) is 24.3 Å². The third kappa shape index (κ3) is 2.30. The van der Waals surface area contributed by atoms with Gasteiger partial charge in [0.1, 0.15) is 0 Å². The van der Waals surface area contributed by atoms with Crippen molar-refractivity contribution < 1.29 is 14.7 Å². The SMILES string of the molecule is CN(C)c1ccc(C(C)(C(=O)O)N(C)C=O)cc1. The highest BCUT2D eigenvalue weighted by Crippen LogP contribution is 2.28. The Kier molecular flexibility index (Phi) is 3.96. The number of nitrogens with zero attached hydrogens (tertiary/aromatic N) is 2. The predicted molar refractivity (Wildman–Crippen MR) is 69.6 cm³/mol. The molecule has 1 unspecified atom stereocenters. The van der Waals surface area contributed by atoms with E-state index in [0.29, 0.717) is 12.0 Å². The van der Waals surface area contributed by atoms with E-state index in [2.05, 4.69) is 0 Å². The monoisotopic (exact) mass is 250 g/mol. The smallest absolute Gasteiger partial charge is 0.334 e. The minimum absolute atomic E-state index is 0.522. The first kappa shape index (κ1) is 14.0. The molecule has 0 saturated carbocycles. The van der Waals surface area contributed by atoms with E-state index in [0.717, 1.165) is 10.6 Å². The molecule has 0 spiro atoms. The highest BCUT2D eigenvalue weighted by Gasteiger charge is 2.39. The number of hydrogen-bond acceptors (Lipinski definition) is 3. The Bertz CT molecular complexity index is 442. The fraction of sp³-hybridized carbons (Fsp3) is 0.385. The van der Waals surface area contributed by atoms with Crippen LogP contribution in [0.3, 0.4) is 0 Å². The number of rotatable bonds is 5. The molecular formula is C13H18N2O3. The fourth-order valence-corrected chi connectivity index (χ4v) is 1.67. The first-order valence-corrected chi connectivity index (χ1v) is 5.53. The van der Waals surface area contributed by atoms with Gasteiger partial charge in [-0.2, -0.15) is 0 Å². The molecule has 0 aliphatic carbocycles. The first-order chi connectivity index (χ1) is 8.33. The average molecular weight is 250 g/mol. The lowest BCUT2D eigenvalue weighted by molar-refractivity contribution is -0.153. The molecule has 98 valence electrons. The molecule has 1 atom stereocenters. The van der Waals surface area contributed by atoms with Gasteiger partial charge in [-0.05, 0) is 24.6 Å². The topological polar surface area (TPSA) is 60.9 Å². The van der Waals surface area contributed by atoms with E-state index in [1.807, 2.05) is 31.1 Å². The summed E-state index contributed by atoms with van der Waals surface area (Å²) >= 11 is 0. The molecule has 0 radical (unpaired) electrons. The van der Waals surface area contributed by atoms with E-state index in [-0.39, 0.29) is 0 Å². The van der Waals surface area contributed by atoms with Gasteiger partial charge in [0.2, 0.25) is 6.41 Å². The van der Waals surface area contributed by atoms with Crippen molar-refractivity contribution in [2.45, 2.75) is 12.5 Å². The standard InChI is InChI=1S/C13H18N2O3/c1-13(12(17)18,15(4)9-16)10-5-7-11(8-6-10)14(2)3/h5-9H,1-4H3,(H,17,18). The van der Waals surface area contributed by atoms with Crippen molar-refractivity contribution in [3.05, 3.63) is 29.8 Å². The summed E-state index contributed by atoms with van der Waals surface area (Å²) in [5, 5.41) is 9.35. The summed E-state index contributed by atoms with van der Waals surface area (Å²) in [7, 11) is 5.27. The maximum atomic E-state index is 11.4. The van der Waals surface area contributed by atoms with Crippen LogP contribution in [0, 0.1) is 0 Å². The number of aliphatic carboxylic acids is 1. The Hall–Kier alpha value is -2.04. The van der Waals surface area contributed by atoms with Crippen molar-refractivity contribution in [1.29, 1.82) is 0 Å². The van der Waals surface area contributed by atoms with Crippen LogP contribution in [0.4, 0.5) is 5.69 Å². The normalized spacial score (nSPS) is 13.6. The maximum Gasteiger partial charge on any atom is 0.334 e. The molecule has 0 bridgehead atoms. The zero-order valence-electron chi connectivity index (χ0n) is 11.0. The zero-order valence-corrected chi connectivity index (χ0v) is 11.0. The van der Waals surface area contributed by atoms with Crippen LogP contribution in [0.5, 0.6) is 0 Å². The molecular weight excluding hydrogens is 232 g/mol. The number of carboxylic acids is 1. The molecule has 5 heteroatoms. The Morgan fingerprint density at radius 2 is 1.72 bits per heavy atom. The molecule has 18 heavy (non-hydrogen) atoms. The molecule has 1 N–H and O–H groups in total. The molecule has 0 aliphatic heterocycles. The van der Waals surface area contributed by atoms with Gasteiger partial charge >= 0.3 is 5.97 Å². The van der Waals surface area contributed by atoms with Gasteiger partial charge in [-0.15, -0.1) is 0 Å². The van der Waals surface area contributed by atoms with Crippen LogP contribution in [-0.4, -0.2) is 43.5 Å². The number of benzene rings is 1. The van der Waals surface area contributed by atoms with Gasteiger partial charge in [0, 0.05) is 26.8 Å². The predicted octanol–water partition coefficient (Wildman–Crippen LogP) is 1.14. The van der Waals surface area contributed by atoms with Gasteiger partial charge in [0.15, 0.2) is 5.54 Å². The lowest BCUT2D eigenvalue weighted by Crippen LogP contribution is -2.47. The molecule has 0 saturated heterocycles. The number of carboxylic acid groups (broad SMARTS) is 1. The summed E-state index contributed by atoms with van der Waals surface area (Å²) < 4.78 is 0. The van der Waals surface area contributed by atoms with Gasteiger partial charge in [-0.3, -0.25) is 4.79 Å². The Morgan fingerprint density at radius 1 is 1.22 bits per heavy atom. The van der Waals surface area contributed by atoms with Crippen LogP contribution in [0.25, 0.3) is 0 Å². The molecule has 0 aliphatic rings. The average Bonchev–Trinajstić information content (AvgIpc) is 2.36. The molecule has 0 fully saturated rings. The number of carbonyl (C=O) groups is 2. The van der Waals surface area contributed by atoms with Crippen molar-refractivity contribution in [1.82, 2.24) is 4.90 Å². The van der Waals surface area contributed by atoms with E-state index in [1.165, 1.54) is 14.0 Å². The van der Waals surface area contributed by atoms with E-state index in [9.17, 15) is 14.7 Å². The summed E-state index contributed by atoms with van der Waals surface area (Å²) in [4.78, 5) is 25.4. The largest absolute Gasteiger partial charge is 0.479 e. The molecule has 1 aromatic carbocycles. The number of amides is 1. The summed E-state index contributed by atoms with van der Waals surface area (Å²) in [5.41, 5.74) is 0.183. The molecule has 0 aromatic heterocycles. The maximum absolute atomic E-state index is 11.4. The van der Waals surface area contributed by atoms with Crippen LogP contribution in [-0.2, 0) is 15.1 Å². The second kappa shape index (κ2) is 5.08. The van der Waals surface area contributed by atoms with Crippen LogP contribution in [0.2, 0.25) is 0 Å². The van der Waals surface area contributed by atoms with Gasteiger partial charge < -0.3 is 14.9 Å². The van der Waals surface area contributed by atoms with Gasteiger partial charge in [0.05, 0.1) is 0 Å². The quantitative estimate of drug-likeness (QED) is 0.796. The van der Waals surface area contributed by atoms with E-state index in [4.69, 9.17) is 0 Å². The molecule has 1 aromatic rings. The lowest BCUT2D eigenvalue weighted by Gasteiger charge is -2.32. The first-order valence-electron chi connectivity index (χ1n) is 5.53. The Morgan fingerprint density at radius 3 is 2.06 bits per heavy atom. The molecule has 1 amide bonds. The van der Waals surface area contributed by atoms with E-state index >= 15 is 0 Å². The zero-order chi connectivity index (χ0) is 13.9. The Balaban J connectivity index is 3.23. The number of likely N-dealkylation sites (N-methyl/N-ethyl adjacent to an activating group) is 1. The van der Waals surface area contributed by atoms with Crippen LogP contribution >= 0.6 is 0 Å². The van der Waals surface area contributed by atoms with E-state index in [1.54, 1.807) is 12.1 Å². The van der Waals surface area contributed by atoms with Gasteiger partial charge in [0.25, 0.3) is 0 Å². The molecule has 0 heterocycles. The van der Waals surface area contributed by atoms with Crippen molar-refractivity contribution in [2.24, 2.45) is 0 Å². The van der Waals surface area contributed by atoms with Gasteiger partial charge in [-0.25, -0.2) is 4.79 Å². The second-order valence-corrected chi connectivity index (χ2v) is 4.53. The highest BCUT2D eigenvalue weighted by atomic mass is 16.4. The summed E-state index contributed by atoms with van der Waals surface area (Å²) in [6.45, 7) is 1.51. The van der Waals surface area contributed by atoms with Crippen molar-refractivity contribution in [3.8, 4) is 0 Å². The van der Waals surface area contributed by atoms with Crippen molar-refractivity contribution in [2.75, 3.05) is 26.0 Å². The number of hydrogen-bond donors (Lipinski definition) is 1. The molecule has 1 rings (SSSR count). The third-order valence-electron chi connectivity index (χ3n) is 3.23.